The van der Waals surface area contributed by atoms with Crippen molar-refractivity contribution in [1.82, 2.24) is 10.2 Å². The molecule has 0 bridgehead atoms. The fraction of sp³-hybridized carbons (Fsp3) is 0.154. The number of hydrogen-bond acceptors (Lipinski definition) is 5. The third-order valence-electron chi connectivity index (χ3n) is 2.76. The van der Waals surface area contributed by atoms with Crippen molar-refractivity contribution in [1.29, 1.82) is 0 Å². The molecule has 2 N–H and O–H groups in total. The van der Waals surface area contributed by atoms with Crippen LogP contribution in [0, 0.1) is 0 Å². The molecule has 2 rings (SSSR count). The maximum absolute atomic E-state index is 12.0. The molecule has 0 unspecified atom stereocenters. The molecule has 1 heterocycles. The van der Waals surface area contributed by atoms with Crippen LogP contribution in [0.25, 0.3) is 6.08 Å². The first-order valence-corrected chi connectivity index (χ1v) is 6.61. The second-order valence-corrected chi connectivity index (χ2v) is 5.02. The molecule has 7 nitrogen and oxygen atoms in total. The normalized spacial score (nSPS) is 16.3. The molecule has 0 aromatic heterocycles. The lowest BCUT2D eigenvalue weighted by atomic mass is 10.2. The number of methoxy groups -OCH3 is 1. The maximum atomic E-state index is 12.0. The first kappa shape index (κ1) is 15.0. The standard InChI is InChI=1S/C13H11BrN2O5/c1-21-11(18)6-16-12(19)9(15-13(16)20)5-7-2-3-10(17)8(14)4-7/h2-5,17H,6H2,1H3,(H,15,20)/b9-5+. The predicted molar refractivity (Wildman–Crippen MR) is 76.0 cm³/mol. The lowest BCUT2D eigenvalue weighted by molar-refractivity contribution is -0.143. The largest absolute Gasteiger partial charge is 0.507 e. The molecule has 0 aliphatic carbocycles. The number of urea groups is 1. The summed E-state index contributed by atoms with van der Waals surface area (Å²) in [5.41, 5.74) is 0.643. The van der Waals surface area contributed by atoms with E-state index < -0.39 is 24.5 Å². The smallest absolute Gasteiger partial charge is 0.329 e. The van der Waals surface area contributed by atoms with Crippen LogP contribution >= 0.6 is 15.9 Å². The van der Waals surface area contributed by atoms with E-state index >= 15 is 0 Å². The summed E-state index contributed by atoms with van der Waals surface area (Å²) in [6.07, 6.45) is 1.45. The maximum Gasteiger partial charge on any atom is 0.329 e. The molecule has 8 heteroatoms. The summed E-state index contributed by atoms with van der Waals surface area (Å²) in [5.74, 6) is -1.24. The van der Waals surface area contributed by atoms with Crippen LogP contribution in [0.15, 0.2) is 28.4 Å². The number of carbonyl (C=O) groups is 3. The quantitative estimate of drug-likeness (QED) is 0.483. The summed E-state index contributed by atoms with van der Waals surface area (Å²) in [7, 11) is 1.17. The van der Waals surface area contributed by atoms with E-state index in [4.69, 9.17) is 0 Å². The molecule has 0 atom stereocenters. The minimum atomic E-state index is -0.688. The Labute approximate surface area is 128 Å². The molecule has 0 saturated carbocycles. The second kappa shape index (κ2) is 5.96. The molecule has 21 heavy (non-hydrogen) atoms. The van der Waals surface area contributed by atoms with Crippen molar-refractivity contribution in [2.24, 2.45) is 0 Å². The zero-order valence-corrected chi connectivity index (χ0v) is 12.5. The minimum absolute atomic E-state index is 0.0430. The Morgan fingerprint density at radius 2 is 2.19 bits per heavy atom. The molecule has 1 fully saturated rings. The van der Waals surface area contributed by atoms with Gasteiger partial charge < -0.3 is 15.2 Å². The molecule has 1 saturated heterocycles. The van der Waals surface area contributed by atoms with E-state index in [0.29, 0.717) is 10.0 Å². The number of phenolic OH excluding ortho intramolecular Hbond substituents is 1. The van der Waals surface area contributed by atoms with Crippen LogP contribution in [-0.4, -0.2) is 41.6 Å². The van der Waals surface area contributed by atoms with Crippen LogP contribution in [0.2, 0.25) is 0 Å². The SMILES string of the molecule is COC(=O)CN1C(=O)N/C(=C/c2ccc(O)c(Br)c2)C1=O. The second-order valence-electron chi connectivity index (χ2n) is 4.17. The van der Waals surface area contributed by atoms with Crippen molar-refractivity contribution in [3.63, 3.8) is 0 Å². The third-order valence-corrected chi connectivity index (χ3v) is 3.40. The van der Waals surface area contributed by atoms with Crippen molar-refractivity contribution in [3.8, 4) is 5.75 Å². The topological polar surface area (TPSA) is 95.9 Å². The number of hydrogen-bond donors (Lipinski definition) is 2. The number of nitrogens with one attached hydrogen (secondary N) is 1. The van der Waals surface area contributed by atoms with Crippen LogP contribution in [0.4, 0.5) is 4.79 Å². The van der Waals surface area contributed by atoms with Gasteiger partial charge in [0.15, 0.2) is 0 Å². The summed E-state index contributed by atoms with van der Waals surface area (Å²) in [6.45, 7) is -0.447. The van der Waals surface area contributed by atoms with Crippen LogP contribution in [0.1, 0.15) is 5.56 Å². The van der Waals surface area contributed by atoms with E-state index in [1.807, 2.05) is 0 Å². The van der Waals surface area contributed by atoms with Crippen molar-refractivity contribution >= 4 is 39.9 Å². The lowest BCUT2D eigenvalue weighted by Crippen LogP contribution is -2.36. The van der Waals surface area contributed by atoms with Gasteiger partial charge in [0.2, 0.25) is 0 Å². The number of rotatable bonds is 3. The Kier molecular flexibility index (Phi) is 4.27. The lowest BCUT2D eigenvalue weighted by Gasteiger charge is -2.09. The van der Waals surface area contributed by atoms with E-state index in [1.54, 1.807) is 12.1 Å². The molecule has 1 aromatic carbocycles. The molecule has 1 aliphatic heterocycles. The van der Waals surface area contributed by atoms with E-state index in [1.165, 1.54) is 19.3 Å². The van der Waals surface area contributed by atoms with Gasteiger partial charge >= 0.3 is 12.0 Å². The van der Waals surface area contributed by atoms with Gasteiger partial charge in [-0.3, -0.25) is 9.59 Å². The van der Waals surface area contributed by atoms with Gasteiger partial charge in [-0.15, -0.1) is 0 Å². The summed E-state index contributed by atoms with van der Waals surface area (Å²) in [5, 5.41) is 11.8. The zero-order chi connectivity index (χ0) is 15.6. The van der Waals surface area contributed by atoms with Gasteiger partial charge in [0, 0.05) is 0 Å². The molecule has 3 amide bonds. The summed E-state index contributed by atoms with van der Waals surface area (Å²) in [6, 6.07) is 3.93. The van der Waals surface area contributed by atoms with Crippen LogP contribution < -0.4 is 5.32 Å². The van der Waals surface area contributed by atoms with E-state index in [-0.39, 0.29) is 11.4 Å². The number of aromatic hydroxyl groups is 1. The van der Waals surface area contributed by atoms with Gasteiger partial charge in [0.1, 0.15) is 18.0 Å². The number of amides is 3. The Morgan fingerprint density at radius 3 is 2.81 bits per heavy atom. The molecule has 1 aromatic rings. The van der Waals surface area contributed by atoms with E-state index in [2.05, 4.69) is 26.0 Å². The van der Waals surface area contributed by atoms with Gasteiger partial charge in [0.05, 0.1) is 11.6 Å². The first-order chi connectivity index (χ1) is 9.92. The molecule has 0 spiro atoms. The zero-order valence-electron chi connectivity index (χ0n) is 10.9. The number of ether oxygens (including phenoxy) is 1. The number of imide groups is 1. The van der Waals surface area contributed by atoms with Gasteiger partial charge in [-0.1, -0.05) is 6.07 Å². The fourth-order valence-corrected chi connectivity index (χ4v) is 2.08. The average molecular weight is 355 g/mol. The highest BCUT2D eigenvalue weighted by Gasteiger charge is 2.35. The number of halogens is 1. The van der Waals surface area contributed by atoms with Crippen LogP contribution in [0.3, 0.4) is 0 Å². The number of benzene rings is 1. The molecular weight excluding hydrogens is 344 g/mol. The number of esters is 1. The van der Waals surface area contributed by atoms with E-state index in [0.717, 1.165) is 4.90 Å². The summed E-state index contributed by atoms with van der Waals surface area (Å²) < 4.78 is 4.88. The number of carbonyl (C=O) groups excluding carboxylic acids is 3. The highest BCUT2D eigenvalue weighted by Crippen LogP contribution is 2.25. The number of phenols is 1. The Morgan fingerprint density at radius 1 is 1.48 bits per heavy atom. The minimum Gasteiger partial charge on any atom is -0.507 e. The predicted octanol–water partition coefficient (Wildman–Crippen LogP) is 1.22. The summed E-state index contributed by atoms with van der Waals surface area (Å²) in [4.78, 5) is 35.6. The fourth-order valence-electron chi connectivity index (χ4n) is 1.69. The molecule has 0 radical (unpaired) electrons. The van der Waals surface area contributed by atoms with Crippen molar-refractivity contribution in [2.75, 3.05) is 13.7 Å². The van der Waals surface area contributed by atoms with Crippen molar-refractivity contribution in [2.45, 2.75) is 0 Å². The molecule has 110 valence electrons. The molecule has 1 aliphatic rings. The van der Waals surface area contributed by atoms with Crippen molar-refractivity contribution < 1.29 is 24.2 Å². The van der Waals surface area contributed by atoms with Crippen molar-refractivity contribution in [3.05, 3.63) is 33.9 Å². The van der Waals surface area contributed by atoms with E-state index in [9.17, 15) is 19.5 Å². The highest BCUT2D eigenvalue weighted by molar-refractivity contribution is 9.10. The average Bonchev–Trinajstić information content (AvgIpc) is 2.70. The van der Waals surface area contributed by atoms with Gasteiger partial charge in [-0.2, -0.15) is 0 Å². The van der Waals surface area contributed by atoms with Gasteiger partial charge in [0.25, 0.3) is 5.91 Å². The third kappa shape index (κ3) is 3.22. The summed E-state index contributed by atoms with van der Waals surface area (Å²) >= 11 is 3.15. The highest BCUT2D eigenvalue weighted by atomic mass is 79.9. The van der Waals surface area contributed by atoms with Gasteiger partial charge in [-0.25, -0.2) is 9.69 Å². The van der Waals surface area contributed by atoms with Gasteiger partial charge in [-0.05, 0) is 39.7 Å². The van der Waals surface area contributed by atoms with Crippen LogP contribution in [0.5, 0.6) is 5.75 Å². The molecular formula is C13H11BrN2O5. The monoisotopic (exact) mass is 354 g/mol. The Hall–Kier alpha value is -2.35. The Bertz CT molecular complexity index is 656. The first-order valence-electron chi connectivity index (χ1n) is 5.82. The van der Waals surface area contributed by atoms with Crippen LogP contribution in [-0.2, 0) is 14.3 Å². The number of nitrogens with zero attached hydrogens (tertiary/aromatic N) is 1. The Balaban J connectivity index is 2.23.